The Kier molecular flexibility index (Phi) is 6.20. The zero-order valence-corrected chi connectivity index (χ0v) is 14.2. The fourth-order valence-corrected chi connectivity index (χ4v) is 2.06. The fourth-order valence-electron chi connectivity index (χ4n) is 2.06. The van der Waals surface area contributed by atoms with Crippen LogP contribution in [-0.2, 0) is 4.79 Å². The van der Waals surface area contributed by atoms with Gasteiger partial charge in [-0.05, 0) is 43.3 Å². The molecule has 0 aromatic heterocycles. The smallest absolute Gasteiger partial charge is 0.311 e. The van der Waals surface area contributed by atoms with Gasteiger partial charge >= 0.3 is 5.69 Å². The first-order valence-corrected chi connectivity index (χ1v) is 7.56. The lowest BCUT2D eigenvalue weighted by atomic mass is 10.1. The van der Waals surface area contributed by atoms with Crippen molar-refractivity contribution in [3.63, 3.8) is 0 Å². The summed E-state index contributed by atoms with van der Waals surface area (Å²) in [6.45, 7) is 1.55. The molecular formula is C17H17FN4O4. The predicted octanol–water partition coefficient (Wildman–Crippen LogP) is 2.69. The molecule has 0 fully saturated rings. The summed E-state index contributed by atoms with van der Waals surface area (Å²) in [5.74, 6) is -0.649. The Balaban J connectivity index is 1.98. The van der Waals surface area contributed by atoms with Crippen molar-refractivity contribution in [1.29, 1.82) is 0 Å². The third-order valence-corrected chi connectivity index (χ3v) is 3.44. The summed E-state index contributed by atoms with van der Waals surface area (Å²) in [6.07, 6.45) is 0. The summed E-state index contributed by atoms with van der Waals surface area (Å²) in [7, 11) is 1.34. The minimum absolute atomic E-state index is 0.0643. The van der Waals surface area contributed by atoms with E-state index in [0.29, 0.717) is 17.0 Å². The van der Waals surface area contributed by atoms with Crippen LogP contribution < -0.4 is 15.5 Å². The maximum atomic E-state index is 12.8. The van der Waals surface area contributed by atoms with Crippen LogP contribution in [0.5, 0.6) is 5.75 Å². The molecule has 0 spiro atoms. The van der Waals surface area contributed by atoms with E-state index in [-0.39, 0.29) is 23.8 Å². The number of ether oxygens (including phenoxy) is 1. The summed E-state index contributed by atoms with van der Waals surface area (Å²) in [4.78, 5) is 22.3. The fraction of sp³-hybridized carbons (Fsp3) is 0.176. The molecule has 0 heterocycles. The molecule has 2 aromatic carbocycles. The molecule has 0 aliphatic rings. The van der Waals surface area contributed by atoms with Crippen LogP contribution in [0.25, 0.3) is 0 Å². The number of hydrogen-bond acceptors (Lipinski definition) is 6. The number of amides is 1. The Bertz CT molecular complexity index is 837. The molecule has 0 radical (unpaired) electrons. The molecule has 136 valence electrons. The Morgan fingerprint density at radius 1 is 1.27 bits per heavy atom. The van der Waals surface area contributed by atoms with Gasteiger partial charge in [-0.3, -0.25) is 14.9 Å². The van der Waals surface area contributed by atoms with Crippen LogP contribution in [0.4, 0.5) is 15.8 Å². The van der Waals surface area contributed by atoms with Gasteiger partial charge in [0.05, 0.1) is 24.3 Å². The molecule has 1 amide bonds. The van der Waals surface area contributed by atoms with Gasteiger partial charge in [0.25, 0.3) is 5.91 Å². The standard InChI is InChI=1S/C17H17FN4O4/c1-11(12-3-8-16(26-2)15(9-12)22(24)25)20-21-17(23)10-19-14-6-4-13(18)5-7-14/h3-9,19H,10H2,1-2H3,(H,21,23)/b20-11-. The number of nitrogens with zero attached hydrogens (tertiary/aromatic N) is 2. The molecule has 0 bridgehead atoms. The Morgan fingerprint density at radius 2 is 1.96 bits per heavy atom. The number of methoxy groups -OCH3 is 1. The van der Waals surface area contributed by atoms with E-state index < -0.39 is 10.8 Å². The second-order valence-electron chi connectivity index (χ2n) is 5.24. The normalized spacial score (nSPS) is 11.0. The molecule has 2 N–H and O–H groups in total. The molecule has 0 aliphatic heterocycles. The molecular weight excluding hydrogens is 343 g/mol. The Labute approximate surface area is 148 Å². The highest BCUT2D eigenvalue weighted by Gasteiger charge is 2.16. The number of hydrazone groups is 1. The van der Waals surface area contributed by atoms with Crippen molar-refractivity contribution in [1.82, 2.24) is 5.43 Å². The molecule has 9 heteroatoms. The lowest BCUT2D eigenvalue weighted by molar-refractivity contribution is -0.385. The molecule has 0 saturated heterocycles. The van der Waals surface area contributed by atoms with E-state index in [4.69, 9.17) is 4.74 Å². The van der Waals surface area contributed by atoms with Crippen molar-refractivity contribution >= 4 is 23.0 Å². The second kappa shape index (κ2) is 8.56. The van der Waals surface area contributed by atoms with Crippen molar-refractivity contribution < 1.29 is 18.8 Å². The number of benzene rings is 2. The van der Waals surface area contributed by atoms with Gasteiger partial charge in [0, 0.05) is 17.3 Å². The lowest BCUT2D eigenvalue weighted by Crippen LogP contribution is -2.26. The molecule has 0 unspecified atom stereocenters. The largest absolute Gasteiger partial charge is 0.490 e. The van der Waals surface area contributed by atoms with Gasteiger partial charge in [-0.25, -0.2) is 9.82 Å². The SMILES string of the molecule is COc1ccc(/C(C)=N\NC(=O)CNc2ccc(F)cc2)cc1[N+](=O)[O-]. The topological polar surface area (TPSA) is 106 Å². The molecule has 2 aromatic rings. The molecule has 8 nitrogen and oxygen atoms in total. The van der Waals surface area contributed by atoms with Crippen LogP contribution in [-0.4, -0.2) is 30.2 Å². The van der Waals surface area contributed by atoms with Gasteiger partial charge in [0.1, 0.15) is 5.82 Å². The van der Waals surface area contributed by atoms with Gasteiger partial charge in [-0.2, -0.15) is 5.10 Å². The monoisotopic (exact) mass is 360 g/mol. The highest BCUT2D eigenvalue weighted by molar-refractivity contribution is 6.00. The van der Waals surface area contributed by atoms with Crippen LogP contribution in [0.2, 0.25) is 0 Å². The van der Waals surface area contributed by atoms with E-state index >= 15 is 0 Å². The number of anilines is 1. The number of nitro groups is 1. The molecule has 0 atom stereocenters. The summed E-state index contributed by atoms with van der Waals surface area (Å²) in [5, 5.41) is 17.8. The van der Waals surface area contributed by atoms with Crippen molar-refractivity contribution in [2.75, 3.05) is 19.0 Å². The maximum Gasteiger partial charge on any atom is 0.311 e. The van der Waals surface area contributed by atoms with Crippen LogP contribution in [0.1, 0.15) is 12.5 Å². The Hall–Kier alpha value is -3.49. The van der Waals surface area contributed by atoms with E-state index in [1.165, 1.54) is 43.5 Å². The van der Waals surface area contributed by atoms with Crippen LogP contribution in [0, 0.1) is 15.9 Å². The number of nitro benzene ring substituents is 1. The average Bonchev–Trinajstić information content (AvgIpc) is 2.65. The molecule has 2 rings (SSSR count). The number of hydrogen-bond donors (Lipinski definition) is 2. The number of halogens is 1. The number of carbonyl (C=O) groups excluding carboxylic acids is 1. The second-order valence-corrected chi connectivity index (χ2v) is 5.24. The highest BCUT2D eigenvalue weighted by Crippen LogP contribution is 2.27. The van der Waals surface area contributed by atoms with E-state index in [1.54, 1.807) is 13.0 Å². The molecule has 0 saturated carbocycles. The molecule has 26 heavy (non-hydrogen) atoms. The summed E-state index contributed by atoms with van der Waals surface area (Å²) < 4.78 is 17.7. The maximum absolute atomic E-state index is 12.8. The summed E-state index contributed by atoms with van der Waals surface area (Å²) in [5.41, 5.74) is 3.62. The number of nitrogens with one attached hydrogen (secondary N) is 2. The highest BCUT2D eigenvalue weighted by atomic mass is 19.1. The van der Waals surface area contributed by atoms with Crippen LogP contribution in [0.15, 0.2) is 47.6 Å². The summed E-state index contributed by atoms with van der Waals surface area (Å²) in [6, 6.07) is 9.96. The predicted molar refractivity (Wildman–Crippen MR) is 94.9 cm³/mol. The van der Waals surface area contributed by atoms with Gasteiger partial charge in [-0.1, -0.05) is 0 Å². The van der Waals surface area contributed by atoms with Crippen LogP contribution >= 0.6 is 0 Å². The first kappa shape index (κ1) is 18.8. The lowest BCUT2D eigenvalue weighted by Gasteiger charge is -2.07. The Morgan fingerprint density at radius 3 is 2.58 bits per heavy atom. The van der Waals surface area contributed by atoms with Crippen molar-refractivity contribution in [2.24, 2.45) is 5.10 Å². The minimum Gasteiger partial charge on any atom is -0.490 e. The molecule has 0 aliphatic carbocycles. The first-order chi connectivity index (χ1) is 12.4. The van der Waals surface area contributed by atoms with Gasteiger partial charge < -0.3 is 10.1 Å². The van der Waals surface area contributed by atoms with Crippen molar-refractivity contribution in [2.45, 2.75) is 6.92 Å². The first-order valence-electron chi connectivity index (χ1n) is 7.56. The van der Waals surface area contributed by atoms with Gasteiger partial charge in [0.2, 0.25) is 0 Å². The van der Waals surface area contributed by atoms with Gasteiger partial charge in [-0.15, -0.1) is 0 Å². The van der Waals surface area contributed by atoms with Gasteiger partial charge in [0.15, 0.2) is 5.75 Å². The third kappa shape index (κ3) is 5.00. The van der Waals surface area contributed by atoms with Crippen molar-refractivity contribution in [3.8, 4) is 5.75 Å². The average molecular weight is 360 g/mol. The van der Waals surface area contributed by atoms with E-state index in [9.17, 15) is 19.3 Å². The van der Waals surface area contributed by atoms with Crippen molar-refractivity contribution in [3.05, 3.63) is 64.0 Å². The quantitative estimate of drug-likeness (QED) is 0.449. The van der Waals surface area contributed by atoms with E-state index in [2.05, 4.69) is 15.8 Å². The van der Waals surface area contributed by atoms with Crippen LogP contribution in [0.3, 0.4) is 0 Å². The zero-order chi connectivity index (χ0) is 19.1. The van der Waals surface area contributed by atoms with E-state index in [0.717, 1.165) is 0 Å². The minimum atomic E-state index is -0.555. The summed E-state index contributed by atoms with van der Waals surface area (Å²) >= 11 is 0. The zero-order valence-electron chi connectivity index (χ0n) is 14.2. The number of carbonyl (C=O) groups is 1. The van der Waals surface area contributed by atoms with E-state index in [1.807, 2.05) is 0 Å². The number of rotatable bonds is 7. The third-order valence-electron chi connectivity index (χ3n) is 3.44.